The number of hydrogen-bond acceptors (Lipinski definition) is 3. The maximum atomic E-state index is 12.4. The van der Waals surface area contributed by atoms with Crippen molar-refractivity contribution in [3.63, 3.8) is 0 Å². The smallest absolute Gasteiger partial charge is 0.328 e. The van der Waals surface area contributed by atoms with Crippen LogP contribution in [0.25, 0.3) is 10.9 Å². The van der Waals surface area contributed by atoms with Crippen molar-refractivity contribution in [1.82, 2.24) is 14.9 Å². The Bertz CT molecular complexity index is 868. The minimum absolute atomic E-state index is 0.0277. The van der Waals surface area contributed by atoms with Crippen LogP contribution in [0.15, 0.2) is 21.7 Å². The number of aromatic amines is 1. The predicted molar refractivity (Wildman–Crippen MR) is 84.6 cm³/mol. The van der Waals surface area contributed by atoms with Crippen molar-refractivity contribution in [3.8, 4) is 0 Å². The molecule has 0 bridgehead atoms. The van der Waals surface area contributed by atoms with Gasteiger partial charge in [0.05, 0.1) is 20.9 Å². The van der Waals surface area contributed by atoms with Crippen molar-refractivity contribution in [2.24, 2.45) is 5.92 Å². The highest BCUT2D eigenvalue weighted by atomic mass is 35.5. The number of carbonyl (C=O) groups is 1. The van der Waals surface area contributed by atoms with Crippen LogP contribution >= 0.6 is 23.2 Å². The van der Waals surface area contributed by atoms with E-state index in [1.165, 1.54) is 12.1 Å². The van der Waals surface area contributed by atoms with Crippen LogP contribution in [0.5, 0.6) is 0 Å². The van der Waals surface area contributed by atoms with Crippen molar-refractivity contribution < 1.29 is 4.79 Å². The number of benzene rings is 1. The first-order chi connectivity index (χ1) is 10.5. The second-order valence-electron chi connectivity index (χ2n) is 5.26. The molecule has 1 aromatic carbocycles. The Kier molecular flexibility index (Phi) is 3.97. The van der Waals surface area contributed by atoms with E-state index in [4.69, 9.17) is 23.2 Å². The second kappa shape index (κ2) is 5.78. The molecule has 116 valence electrons. The highest BCUT2D eigenvalue weighted by molar-refractivity contribution is 6.42. The molecule has 2 N–H and O–H groups in total. The highest BCUT2D eigenvalue weighted by Gasteiger charge is 2.29. The summed E-state index contributed by atoms with van der Waals surface area (Å²) in [6.07, 6.45) is 1.81. The van der Waals surface area contributed by atoms with Crippen LogP contribution in [0.3, 0.4) is 0 Å². The van der Waals surface area contributed by atoms with Gasteiger partial charge >= 0.3 is 5.69 Å². The van der Waals surface area contributed by atoms with E-state index in [9.17, 15) is 14.4 Å². The zero-order valence-electron chi connectivity index (χ0n) is 11.5. The molecule has 1 aromatic heterocycles. The quantitative estimate of drug-likeness (QED) is 0.884. The first-order valence-corrected chi connectivity index (χ1v) is 7.62. The minimum Gasteiger partial charge on any atom is -0.354 e. The van der Waals surface area contributed by atoms with Gasteiger partial charge in [-0.3, -0.25) is 14.2 Å². The molecule has 2 aromatic rings. The van der Waals surface area contributed by atoms with Crippen molar-refractivity contribution in [3.05, 3.63) is 43.0 Å². The van der Waals surface area contributed by atoms with Gasteiger partial charge in [0.2, 0.25) is 5.91 Å². The summed E-state index contributed by atoms with van der Waals surface area (Å²) in [5.41, 5.74) is -0.669. The lowest BCUT2D eigenvalue weighted by Gasteiger charge is -2.08. The van der Waals surface area contributed by atoms with Crippen molar-refractivity contribution in [2.45, 2.75) is 19.4 Å². The number of aromatic nitrogens is 2. The van der Waals surface area contributed by atoms with Gasteiger partial charge in [-0.1, -0.05) is 23.2 Å². The summed E-state index contributed by atoms with van der Waals surface area (Å²) in [4.78, 5) is 38.5. The Labute approximate surface area is 135 Å². The molecule has 3 rings (SSSR count). The molecule has 0 aliphatic heterocycles. The molecule has 0 radical (unpaired) electrons. The molecule has 1 aliphatic rings. The monoisotopic (exact) mass is 341 g/mol. The van der Waals surface area contributed by atoms with E-state index < -0.39 is 11.2 Å². The molecule has 1 fully saturated rings. The Balaban J connectivity index is 1.88. The van der Waals surface area contributed by atoms with E-state index >= 15 is 0 Å². The van der Waals surface area contributed by atoms with E-state index in [0.717, 1.165) is 17.4 Å². The summed E-state index contributed by atoms with van der Waals surface area (Å²) in [6, 6.07) is 2.87. The lowest BCUT2D eigenvalue weighted by Crippen LogP contribution is -2.39. The van der Waals surface area contributed by atoms with E-state index in [0.29, 0.717) is 5.52 Å². The standard InChI is InChI=1S/C14H13Cl2N3O3/c15-9-5-8-11(6-10(9)16)18-14(22)19(13(8)21)4-3-17-12(20)7-1-2-7/h5-7H,1-4H2,(H,17,20)(H,18,22). The maximum Gasteiger partial charge on any atom is 0.328 e. The number of nitrogens with zero attached hydrogens (tertiary/aromatic N) is 1. The number of halogens is 2. The van der Waals surface area contributed by atoms with Crippen LogP contribution in [0.2, 0.25) is 10.0 Å². The van der Waals surface area contributed by atoms with Gasteiger partial charge in [-0.2, -0.15) is 0 Å². The maximum absolute atomic E-state index is 12.4. The Morgan fingerprint density at radius 2 is 1.95 bits per heavy atom. The van der Waals surface area contributed by atoms with Crippen LogP contribution in [0.1, 0.15) is 12.8 Å². The minimum atomic E-state index is -0.545. The molecular formula is C14H13Cl2N3O3. The van der Waals surface area contributed by atoms with Gasteiger partial charge in [-0.05, 0) is 25.0 Å². The van der Waals surface area contributed by atoms with Crippen LogP contribution in [0, 0.1) is 5.92 Å². The van der Waals surface area contributed by atoms with Crippen LogP contribution in [-0.2, 0) is 11.3 Å². The van der Waals surface area contributed by atoms with Gasteiger partial charge in [0.15, 0.2) is 0 Å². The van der Waals surface area contributed by atoms with Gasteiger partial charge in [-0.15, -0.1) is 0 Å². The molecule has 1 amide bonds. The summed E-state index contributed by atoms with van der Waals surface area (Å²) >= 11 is 11.8. The van der Waals surface area contributed by atoms with Crippen molar-refractivity contribution in [2.75, 3.05) is 6.54 Å². The Hall–Kier alpha value is -1.79. The van der Waals surface area contributed by atoms with Gasteiger partial charge in [0, 0.05) is 19.0 Å². The summed E-state index contributed by atoms with van der Waals surface area (Å²) in [7, 11) is 0. The van der Waals surface area contributed by atoms with Crippen LogP contribution in [-0.4, -0.2) is 22.0 Å². The SMILES string of the molecule is O=C(NCCn1c(=O)[nH]c2cc(Cl)c(Cl)cc2c1=O)C1CC1. The van der Waals surface area contributed by atoms with Crippen LogP contribution < -0.4 is 16.6 Å². The topological polar surface area (TPSA) is 84.0 Å². The zero-order valence-corrected chi connectivity index (χ0v) is 13.0. The third-order valence-electron chi connectivity index (χ3n) is 3.61. The predicted octanol–water partition coefficient (Wildman–Crippen LogP) is 1.52. The lowest BCUT2D eigenvalue weighted by atomic mass is 10.2. The molecule has 0 spiro atoms. The fraction of sp³-hybridized carbons (Fsp3) is 0.357. The average molecular weight is 342 g/mol. The molecule has 8 heteroatoms. The first-order valence-electron chi connectivity index (χ1n) is 6.87. The number of hydrogen-bond donors (Lipinski definition) is 2. The molecule has 1 aliphatic carbocycles. The Morgan fingerprint density at radius 3 is 2.64 bits per heavy atom. The normalized spacial score (nSPS) is 14.3. The van der Waals surface area contributed by atoms with Crippen LogP contribution in [0.4, 0.5) is 0 Å². The van der Waals surface area contributed by atoms with E-state index in [1.54, 1.807) is 0 Å². The number of rotatable bonds is 4. The first kappa shape index (κ1) is 15.1. The fourth-order valence-electron chi connectivity index (χ4n) is 2.23. The molecule has 22 heavy (non-hydrogen) atoms. The average Bonchev–Trinajstić information content (AvgIpc) is 3.29. The van der Waals surface area contributed by atoms with Crippen molar-refractivity contribution >= 4 is 40.0 Å². The fourth-order valence-corrected chi connectivity index (χ4v) is 2.56. The van der Waals surface area contributed by atoms with Gasteiger partial charge in [-0.25, -0.2) is 4.79 Å². The second-order valence-corrected chi connectivity index (χ2v) is 6.08. The number of nitrogens with one attached hydrogen (secondary N) is 2. The van der Waals surface area contributed by atoms with Gasteiger partial charge in [0.1, 0.15) is 0 Å². The largest absolute Gasteiger partial charge is 0.354 e. The van der Waals surface area contributed by atoms with Gasteiger partial charge < -0.3 is 10.3 Å². The van der Waals surface area contributed by atoms with E-state index in [1.807, 2.05) is 0 Å². The molecule has 1 heterocycles. The molecule has 0 saturated heterocycles. The summed E-state index contributed by atoms with van der Waals surface area (Å²) in [5, 5.41) is 3.50. The summed E-state index contributed by atoms with van der Waals surface area (Å²) < 4.78 is 1.04. The molecule has 0 atom stereocenters. The van der Waals surface area contributed by atoms with Gasteiger partial charge in [0.25, 0.3) is 5.56 Å². The zero-order chi connectivity index (χ0) is 15.9. The summed E-state index contributed by atoms with van der Waals surface area (Å²) in [6.45, 7) is 0.327. The number of H-pyrrole nitrogens is 1. The highest BCUT2D eigenvalue weighted by Crippen LogP contribution is 2.28. The molecule has 0 unspecified atom stereocenters. The third kappa shape index (κ3) is 2.89. The number of amides is 1. The molecule has 1 saturated carbocycles. The van der Waals surface area contributed by atoms with E-state index in [2.05, 4.69) is 10.3 Å². The third-order valence-corrected chi connectivity index (χ3v) is 4.33. The lowest BCUT2D eigenvalue weighted by molar-refractivity contribution is -0.122. The molecular weight excluding hydrogens is 329 g/mol. The molecule has 6 nitrogen and oxygen atoms in total. The number of fused-ring (bicyclic) bond motifs is 1. The van der Waals surface area contributed by atoms with E-state index in [-0.39, 0.29) is 40.3 Å². The summed E-state index contributed by atoms with van der Waals surface area (Å²) in [5.74, 6) is 0.0626. The number of carbonyl (C=O) groups excluding carboxylic acids is 1. The van der Waals surface area contributed by atoms with Crippen molar-refractivity contribution in [1.29, 1.82) is 0 Å². The Morgan fingerprint density at radius 1 is 1.27 bits per heavy atom.